The van der Waals surface area contributed by atoms with Gasteiger partial charge in [-0.1, -0.05) is 40.9 Å². The van der Waals surface area contributed by atoms with Crippen LogP contribution in [0.4, 0.5) is 11.4 Å². The molecule has 0 unspecified atom stereocenters. The standard InChI is InChI=1S/C25H22Cl2N2O7S/c1-15-4-6-22(7-5-15)37(33,34)29(21-12-18(26)11-19(27)13-21)14-23(30)28-20-9-16(24(31)35-2)8-17(10-20)25(32)36-3/h4-13H,14H2,1-3H3,(H,28,30). The van der Waals surface area contributed by atoms with Gasteiger partial charge in [0.2, 0.25) is 5.91 Å². The van der Waals surface area contributed by atoms with Gasteiger partial charge in [0.1, 0.15) is 6.54 Å². The van der Waals surface area contributed by atoms with Gasteiger partial charge in [0.15, 0.2) is 0 Å². The average molecular weight is 565 g/mol. The molecule has 0 aliphatic carbocycles. The fourth-order valence-corrected chi connectivity index (χ4v) is 5.26. The van der Waals surface area contributed by atoms with E-state index in [2.05, 4.69) is 5.32 Å². The maximum Gasteiger partial charge on any atom is 0.337 e. The van der Waals surface area contributed by atoms with E-state index in [1.54, 1.807) is 12.1 Å². The van der Waals surface area contributed by atoms with Gasteiger partial charge < -0.3 is 14.8 Å². The highest BCUT2D eigenvalue weighted by Crippen LogP contribution is 2.30. The number of nitrogens with one attached hydrogen (secondary N) is 1. The van der Waals surface area contributed by atoms with Crippen LogP contribution in [0.5, 0.6) is 0 Å². The zero-order chi connectivity index (χ0) is 27.3. The molecule has 0 fully saturated rings. The van der Waals surface area contributed by atoms with Crippen molar-refractivity contribution in [3.8, 4) is 0 Å². The number of aryl methyl sites for hydroxylation is 1. The highest BCUT2D eigenvalue weighted by molar-refractivity contribution is 7.92. The molecule has 0 saturated heterocycles. The first-order valence-electron chi connectivity index (χ1n) is 10.6. The van der Waals surface area contributed by atoms with Crippen LogP contribution in [0.25, 0.3) is 0 Å². The van der Waals surface area contributed by atoms with Crippen LogP contribution in [-0.4, -0.2) is 47.0 Å². The molecule has 37 heavy (non-hydrogen) atoms. The minimum Gasteiger partial charge on any atom is -0.465 e. The molecule has 1 amide bonds. The summed E-state index contributed by atoms with van der Waals surface area (Å²) in [6, 6.07) is 14.1. The van der Waals surface area contributed by atoms with Gasteiger partial charge in [-0.15, -0.1) is 0 Å². The zero-order valence-corrected chi connectivity index (χ0v) is 22.3. The van der Waals surface area contributed by atoms with E-state index in [-0.39, 0.29) is 37.4 Å². The van der Waals surface area contributed by atoms with Gasteiger partial charge >= 0.3 is 11.9 Å². The summed E-state index contributed by atoms with van der Waals surface area (Å²) in [5.41, 5.74) is 0.913. The summed E-state index contributed by atoms with van der Waals surface area (Å²) in [5, 5.41) is 2.85. The van der Waals surface area contributed by atoms with E-state index >= 15 is 0 Å². The summed E-state index contributed by atoms with van der Waals surface area (Å²) >= 11 is 12.2. The number of amides is 1. The minimum atomic E-state index is -4.24. The van der Waals surface area contributed by atoms with Crippen molar-refractivity contribution in [1.82, 2.24) is 0 Å². The molecule has 0 aliphatic heterocycles. The molecule has 0 radical (unpaired) electrons. The molecule has 3 aromatic rings. The number of hydrogen-bond donors (Lipinski definition) is 1. The lowest BCUT2D eigenvalue weighted by Crippen LogP contribution is -2.38. The summed E-state index contributed by atoms with van der Waals surface area (Å²) in [6.45, 7) is 1.13. The second kappa shape index (κ2) is 11.6. The number of esters is 2. The number of sulfonamides is 1. The highest BCUT2D eigenvalue weighted by Gasteiger charge is 2.28. The zero-order valence-electron chi connectivity index (χ0n) is 19.9. The second-order valence-electron chi connectivity index (χ2n) is 7.78. The van der Waals surface area contributed by atoms with E-state index in [1.807, 2.05) is 6.92 Å². The predicted octanol–water partition coefficient (Wildman–Crippen LogP) is 4.71. The number of carbonyl (C=O) groups is 3. The first kappa shape index (κ1) is 28.0. The summed E-state index contributed by atoms with van der Waals surface area (Å²) in [4.78, 5) is 37.1. The Morgan fingerprint density at radius 2 is 1.35 bits per heavy atom. The number of carbonyl (C=O) groups excluding carboxylic acids is 3. The van der Waals surface area contributed by atoms with Crippen molar-refractivity contribution in [1.29, 1.82) is 0 Å². The van der Waals surface area contributed by atoms with Gasteiger partial charge in [-0.3, -0.25) is 9.10 Å². The van der Waals surface area contributed by atoms with E-state index in [4.69, 9.17) is 32.7 Å². The summed E-state index contributed by atoms with van der Waals surface area (Å²) in [5.74, 6) is -2.28. The molecule has 0 atom stereocenters. The smallest absolute Gasteiger partial charge is 0.337 e. The van der Waals surface area contributed by atoms with Gasteiger partial charge in [-0.2, -0.15) is 0 Å². The summed E-state index contributed by atoms with van der Waals surface area (Å²) in [7, 11) is -1.91. The van der Waals surface area contributed by atoms with Crippen LogP contribution in [-0.2, 0) is 24.3 Å². The van der Waals surface area contributed by atoms with Crippen LogP contribution in [0.15, 0.2) is 65.6 Å². The fourth-order valence-electron chi connectivity index (χ4n) is 3.34. The van der Waals surface area contributed by atoms with Crippen LogP contribution >= 0.6 is 23.2 Å². The summed E-state index contributed by atoms with van der Waals surface area (Å²) in [6.07, 6.45) is 0. The van der Waals surface area contributed by atoms with Crippen molar-refractivity contribution in [2.24, 2.45) is 0 Å². The maximum absolute atomic E-state index is 13.6. The number of rotatable bonds is 8. The number of hydrogen-bond acceptors (Lipinski definition) is 7. The average Bonchev–Trinajstić information content (AvgIpc) is 2.85. The maximum atomic E-state index is 13.6. The second-order valence-corrected chi connectivity index (χ2v) is 10.5. The van der Waals surface area contributed by atoms with E-state index in [1.165, 1.54) is 48.5 Å². The molecule has 0 bridgehead atoms. The predicted molar refractivity (Wildman–Crippen MR) is 140 cm³/mol. The Bertz CT molecular complexity index is 1400. The number of ether oxygens (including phenoxy) is 2. The number of benzene rings is 3. The van der Waals surface area contributed by atoms with Crippen molar-refractivity contribution in [2.45, 2.75) is 11.8 Å². The number of halogens is 2. The van der Waals surface area contributed by atoms with Crippen LogP contribution in [0.3, 0.4) is 0 Å². The molecule has 9 nitrogen and oxygen atoms in total. The molecule has 3 aromatic carbocycles. The third-order valence-corrected chi connectivity index (χ3v) is 7.31. The van der Waals surface area contributed by atoms with Crippen LogP contribution < -0.4 is 9.62 Å². The highest BCUT2D eigenvalue weighted by atomic mass is 35.5. The Morgan fingerprint density at radius 1 is 0.838 bits per heavy atom. The Balaban J connectivity index is 2.01. The van der Waals surface area contributed by atoms with Gasteiger partial charge in [0.25, 0.3) is 10.0 Å². The van der Waals surface area contributed by atoms with Crippen molar-refractivity contribution in [3.05, 3.63) is 87.4 Å². The van der Waals surface area contributed by atoms with Crippen molar-refractivity contribution in [3.63, 3.8) is 0 Å². The Hall–Kier alpha value is -3.60. The third-order valence-electron chi connectivity index (χ3n) is 5.09. The van der Waals surface area contributed by atoms with Crippen molar-refractivity contribution >= 4 is 62.4 Å². The Kier molecular flexibility index (Phi) is 8.80. The molecule has 1 N–H and O–H groups in total. The molecule has 0 saturated carbocycles. The molecule has 12 heteroatoms. The normalized spacial score (nSPS) is 10.9. The third kappa shape index (κ3) is 6.79. The van der Waals surface area contributed by atoms with Gasteiger partial charge in [-0.25, -0.2) is 18.0 Å². The molecule has 0 aromatic heterocycles. The Morgan fingerprint density at radius 3 is 1.84 bits per heavy atom. The van der Waals surface area contributed by atoms with Crippen LogP contribution in [0, 0.1) is 6.92 Å². The van der Waals surface area contributed by atoms with Gasteiger partial charge in [0.05, 0.1) is 35.9 Å². The molecule has 194 valence electrons. The quantitative estimate of drug-likeness (QED) is 0.393. The molecule has 3 rings (SSSR count). The first-order chi connectivity index (χ1) is 17.4. The fraction of sp³-hybridized carbons (Fsp3) is 0.160. The molecular weight excluding hydrogens is 543 g/mol. The topological polar surface area (TPSA) is 119 Å². The first-order valence-corrected chi connectivity index (χ1v) is 12.8. The lowest BCUT2D eigenvalue weighted by molar-refractivity contribution is -0.114. The molecule has 0 heterocycles. The van der Waals surface area contributed by atoms with Crippen molar-refractivity contribution < 1.29 is 32.3 Å². The van der Waals surface area contributed by atoms with E-state index < -0.39 is 34.4 Å². The van der Waals surface area contributed by atoms with Gasteiger partial charge in [0, 0.05) is 15.7 Å². The van der Waals surface area contributed by atoms with Crippen LogP contribution in [0.2, 0.25) is 10.0 Å². The SMILES string of the molecule is COC(=O)c1cc(NC(=O)CN(c2cc(Cl)cc(Cl)c2)S(=O)(=O)c2ccc(C)cc2)cc(C(=O)OC)c1. The number of nitrogens with zero attached hydrogens (tertiary/aromatic N) is 1. The molecular formula is C25H22Cl2N2O7S. The van der Waals surface area contributed by atoms with E-state index in [0.717, 1.165) is 24.1 Å². The molecule has 0 aliphatic rings. The van der Waals surface area contributed by atoms with Crippen molar-refractivity contribution in [2.75, 3.05) is 30.4 Å². The minimum absolute atomic E-state index is 0.0218. The Labute approximate surface area is 223 Å². The number of anilines is 2. The summed E-state index contributed by atoms with van der Waals surface area (Å²) < 4.78 is 37.4. The lowest BCUT2D eigenvalue weighted by atomic mass is 10.1. The van der Waals surface area contributed by atoms with Crippen LogP contribution in [0.1, 0.15) is 26.3 Å². The number of methoxy groups -OCH3 is 2. The monoisotopic (exact) mass is 564 g/mol. The lowest BCUT2D eigenvalue weighted by Gasteiger charge is -2.24. The van der Waals surface area contributed by atoms with E-state index in [0.29, 0.717) is 0 Å². The van der Waals surface area contributed by atoms with Gasteiger partial charge in [-0.05, 0) is 55.5 Å². The largest absolute Gasteiger partial charge is 0.465 e. The molecule has 0 spiro atoms. The van der Waals surface area contributed by atoms with E-state index in [9.17, 15) is 22.8 Å².